The third-order valence-electron chi connectivity index (χ3n) is 3.30. The summed E-state index contributed by atoms with van der Waals surface area (Å²) in [6, 6.07) is 5.81. The van der Waals surface area contributed by atoms with Gasteiger partial charge in [-0.2, -0.15) is 0 Å². The van der Waals surface area contributed by atoms with Gasteiger partial charge in [-0.3, -0.25) is 0 Å². The molecule has 0 amide bonds. The Balaban J connectivity index is 2.63. The summed E-state index contributed by atoms with van der Waals surface area (Å²) >= 11 is 0. The van der Waals surface area contributed by atoms with Crippen LogP contribution in [0.3, 0.4) is 0 Å². The van der Waals surface area contributed by atoms with E-state index < -0.39 is 0 Å². The molecule has 0 atom stereocenters. The molecule has 0 saturated heterocycles. The Kier molecular flexibility index (Phi) is 6.65. The largest absolute Gasteiger partial charge is 0.491 e. The van der Waals surface area contributed by atoms with E-state index in [2.05, 4.69) is 26.1 Å². The molecular weight excluding hydrogens is 252 g/mol. The van der Waals surface area contributed by atoms with Crippen molar-refractivity contribution in [1.29, 1.82) is 0 Å². The van der Waals surface area contributed by atoms with E-state index in [9.17, 15) is 0 Å². The van der Waals surface area contributed by atoms with Gasteiger partial charge in [0, 0.05) is 13.2 Å². The Morgan fingerprint density at radius 1 is 1.35 bits per heavy atom. The number of anilines is 2. The van der Waals surface area contributed by atoms with Crippen LogP contribution in [-0.2, 0) is 0 Å². The van der Waals surface area contributed by atoms with E-state index in [-0.39, 0.29) is 12.0 Å². The van der Waals surface area contributed by atoms with Crippen LogP contribution in [0.15, 0.2) is 18.2 Å². The lowest BCUT2D eigenvalue weighted by Crippen LogP contribution is -2.23. The normalized spacial score (nSPS) is 11.4. The third-order valence-corrected chi connectivity index (χ3v) is 3.30. The summed E-state index contributed by atoms with van der Waals surface area (Å²) in [5.74, 6) is 0.741. The van der Waals surface area contributed by atoms with Crippen LogP contribution in [0, 0.1) is 5.41 Å². The van der Waals surface area contributed by atoms with Gasteiger partial charge in [0.15, 0.2) is 0 Å². The van der Waals surface area contributed by atoms with Gasteiger partial charge in [-0.25, -0.2) is 0 Å². The van der Waals surface area contributed by atoms with Crippen molar-refractivity contribution in [2.75, 3.05) is 30.8 Å². The zero-order valence-corrected chi connectivity index (χ0v) is 12.9. The van der Waals surface area contributed by atoms with Gasteiger partial charge < -0.3 is 20.9 Å². The van der Waals surface area contributed by atoms with Crippen molar-refractivity contribution in [2.45, 2.75) is 40.0 Å². The topological polar surface area (TPSA) is 67.5 Å². The number of ether oxygens (including phenoxy) is 1. The van der Waals surface area contributed by atoms with Crippen molar-refractivity contribution in [3.63, 3.8) is 0 Å². The molecule has 1 rings (SSSR count). The highest BCUT2D eigenvalue weighted by Crippen LogP contribution is 2.31. The molecule has 4 heteroatoms. The minimum atomic E-state index is 0.120. The first-order valence-electron chi connectivity index (χ1n) is 7.36. The van der Waals surface area contributed by atoms with Crippen molar-refractivity contribution in [3.8, 4) is 5.75 Å². The standard InChI is InChI=1S/C16H28N2O2/c1-4-11-20-14-8-5-7-13(15(14)17)18-12-16(2,3)9-6-10-19/h5,7-8,18-19H,4,6,9-12,17H2,1-3H3. The minimum absolute atomic E-state index is 0.120. The molecule has 0 heterocycles. The van der Waals surface area contributed by atoms with Crippen LogP contribution in [0.5, 0.6) is 5.75 Å². The van der Waals surface area contributed by atoms with E-state index >= 15 is 0 Å². The molecule has 0 aliphatic heterocycles. The molecule has 0 unspecified atom stereocenters. The highest BCUT2D eigenvalue weighted by molar-refractivity contribution is 5.72. The zero-order valence-electron chi connectivity index (χ0n) is 12.9. The molecule has 0 spiro atoms. The average Bonchev–Trinajstić information content (AvgIpc) is 2.43. The summed E-state index contributed by atoms with van der Waals surface area (Å²) in [5.41, 5.74) is 7.82. The molecule has 4 nitrogen and oxygen atoms in total. The first-order valence-corrected chi connectivity index (χ1v) is 7.36. The van der Waals surface area contributed by atoms with Crippen LogP contribution >= 0.6 is 0 Å². The number of aliphatic hydroxyl groups excluding tert-OH is 1. The molecule has 0 aliphatic rings. The molecule has 4 N–H and O–H groups in total. The molecule has 20 heavy (non-hydrogen) atoms. The number of nitrogen functional groups attached to an aromatic ring is 1. The molecule has 0 saturated carbocycles. The van der Waals surface area contributed by atoms with E-state index in [1.54, 1.807) is 0 Å². The maximum absolute atomic E-state index is 8.92. The Bertz CT molecular complexity index is 405. The van der Waals surface area contributed by atoms with Gasteiger partial charge in [0.25, 0.3) is 0 Å². The molecule has 1 aromatic rings. The van der Waals surface area contributed by atoms with Gasteiger partial charge in [-0.1, -0.05) is 26.8 Å². The summed E-state index contributed by atoms with van der Waals surface area (Å²) in [6.07, 6.45) is 2.76. The summed E-state index contributed by atoms with van der Waals surface area (Å²) in [6.45, 7) is 8.17. The number of rotatable bonds is 9. The maximum atomic E-state index is 8.92. The summed E-state index contributed by atoms with van der Waals surface area (Å²) in [7, 11) is 0. The predicted molar refractivity (Wildman–Crippen MR) is 85.2 cm³/mol. The average molecular weight is 280 g/mol. The second-order valence-electron chi connectivity index (χ2n) is 5.91. The summed E-state index contributed by atoms with van der Waals surface area (Å²) in [5, 5.41) is 12.3. The highest BCUT2D eigenvalue weighted by Gasteiger charge is 2.17. The summed E-state index contributed by atoms with van der Waals surface area (Å²) < 4.78 is 5.63. The minimum Gasteiger partial charge on any atom is -0.491 e. The Morgan fingerprint density at radius 3 is 2.75 bits per heavy atom. The van der Waals surface area contributed by atoms with Gasteiger partial charge >= 0.3 is 0 Å². The number of benzene rings is 1. The molecular formula is C16H28N2O2. The second-order valence-corrected chi connectivity index (χ2v) is 5.91. The van der Waals surface area contributed by atoms with Crippen LogP contribution in [0.4, 0.5) is 11.4 Å². The number of nitrogens with two attached hydrogens (primary N) is 1. The maximum Gasteiger partial charge on any atom is 0.144 e. The van der Waals surface area contributed by atoms with Gasteiger partial charge in [0.2, 0.25) is 0 Å². The predicted octanol–water partition coefficient (Wildman–Crippen LogP) is 3.27. The molecule has 0 aliphatic carbocycles. The van der Waals surface area contributed by atoms with Crippen LogP contribution in [0.25, 0.3) is 0 Å². The van der Waals surface area contributed by atoms with E-state index in [1.165, 1.54) is 0 Å². The fourth-order valence-corrected chi connectivity index (χ4v) is 2.02. The van der Waals surface area contributed by atoms with Crippen molar-refractivity contribution in [3.05, 3.63) is 18.2 Å². The highest BCUT2D eigenvalue weighted by atomic mass is 16.5. The monoisotopic (exact) mass is 280 g/mol. The van der Waals surface area contributed by atoms with Gasteiger partial charge in [-0.15, -0.1) is 0 Å². The lowest BCUT2D eigenvalue weighted by molar-refractivity contribution is 0.248. The fourth-order valence-electron chi connectivity index (χ4n) is 2.02. The van der Waals surface area contributed by atoms with E-state index in [0.717, 1.165) is 37.2 Å². The van der Waals surface area contributed by atoms with Crippen LogP contribution in [-0.4, -0.2) is 24.9 Å². The molecule has 0 bridgehead atoms. The van der Waals surface area contributed by atoms with Crippen molar-refractivity contribution in [2.24, 2.45) is 5.41 Å². The van der Waals surface area contributed by atoms with Crippen molar-refractivity contribution in [1.82, 2.24) is 0 Å². The molecule has 0 radical (unpaired) electrons. The number of nitrogens with one attached hydrogen (secondary N) is 1. The third kappa shape index (κ3) is 5.29. The molecule has 0 fully saturated rings. The van der Waals surface area contributed by atoms with Gasteiger partial charge in [0.1, 0.15) is 5.75 Å². The van der Waals surface area contributed by atoms with Gasteiger partial charge in [0.05, 0.1) is 18.0 Å². The number of para-hydroxylation sites is 1. The molecule has 1 aromatic carbocycles. The first-order chi connectivity index (χ1) is 9.50. The van der Waals surface area contributed by atoms with Gasteiger partial charge in [-0.05, 0) is 36.8 Å². The number of hydrogen-bond acceptors (Lipinski definition) is 4. The van der Waals surface area contributed by atoms with Crippen molar-refractivity contribution >= 4 is 11.4 Å². The van der Waals surface area contributed by atoms with E-state index in [1.807, 2.05) is 18.2 Å². The fraction of sp³-hybridized carbons (Fsp3) is 0.625. The lowest BCUT2D eigenvalue weighted by atomic mass is 9.88. The number of hydrogen-bond donors (Lipinski definition) is 3. The SMILES string of the molecule is CCCOc1cccc(NCC(C)(C)CCCO)c1N. The Labute approximate surface area is 122 Å². The van der Waals surface area contributed by atoms with Crippen LogP contribution < -0.4 is 15.8 Å². The Hall–Kier alpha value is -1.42. The van der Waals surface area contributed by atoms with Crippen molar-refractivity contribution < 1.29 is 9.84 Å². The van der Waals surface area contributed by atoms with E-state index in [4.69, 9.17) is 15.6 Å². The van der Waals surface area contributed by atoms with E-state index in [0.29, 0.717) is 12.3 Å². The first kappa shape index (κ1) is 16.6. The smallest absolute Gasteiger partial charge is 0.144 e. The quantitative estimate of drug-likeness (QED) is 0.607. The van der Waals surface area contributed by atoms with Crippen LogP contribution in [0.2, 0.25) is 0 Å². The number of aliphatic hydroxyl groups is 1. The zero-order chi connectivity index (χ0) is 15.0. The molecule has 0 aromatic heterocycles. The Morgan fingerprint density at radius 2 is 2.10 bits per heavy atom. The lowest BCUT2D eigenvalue weighted by Gasteiger charge is -2.26. The van der Waals surface area contributed by atoms with Crippen LogP contribution in [0.1, 0.15) is 40.0 Å². The second kappa shape index (κ2) is 8.00. The molecule has 114 valence electrons. The summed E-state index contributed by atoms with van der Waals surface area (Å²) in [4.78, 5) is 0.